The maximum atomic E-state index is 12.2. The van der Waals surface area contributed by atoms with Crippen molar-refractivity contribution in [3.05, 3.63) is 59.2 Å². The Labute approximate surface area is 161 Å². The van der Waals surface area contributed by atoms with Crippen molar-refractivity contribution in [3.63, 3.8) is 0 Å². The minimum absolute atomic E-state index is 0.147. The van der Waals surface area contributed by atoms with Crippen LogP contribution in [0.2, 0.25) is 0 Å². The number of fused-ring (bicyclic) bond motifs is 3. The zero-order valence-corrected chi connectivity index (χ0v) is 16.2. The van der Waals surface area contributed by atoms with Gasteiger partial charge in [-0.3, -0.25) is 0 Å². The van der Waals surface area contributed by atoms with E-state index in [0.717, 1.165) is 12.0 Å². The van der Waals surface area contributed by atoms with E-state index in [9.17, 15) is 4.79 Å². The fraction of sp³-hybridized carbons (Fsp3) is 0.458. The van der Waals surface area contributed by atoms with Crippen LogP contribution in [-0.2, 0) is 9.53 Å². The molecule has 4 aliphatic rings. The molecular weight excluding hydrogens is 334 g/mol. The second-order valence-electron chi connectivity index (χ2n) is 8.73. The predicted octanol–water partition coefficient (Wildman–Crippen LogP) is 4.75. The molecule has 4 unspecified atom stereocenters. The van der Waals surface area contributed by atoms with Crippen LogP contribution in [0, 0.1) is 17.8 Å². The highest BCUT2D eigenvalue weighted by Crippen LogP contribution is 2.62. The van der Waals surface area contributed by atoms with Gasteiger partial charge in [-0.15, -0.1) is 0 Å². The van der Waals surface area contributed by atoms with Crippen LogP contribution in [0.15, 0.2) is 53.6 Å². The van der Waals surface area contributed by atoms with Crippen molar-refractivity contribution in [2.45, 2.75) is 37.7 Å². The third-order valence-corrected chi connectivity index (χ3v) is 7.08. The van der Waals surface area contributed by atoms with Crippen LogP contribution in [0.1, 0.15) is 37.7 Å². The number of rotatable bonds is 3. The Bertz CT molecular complexity index is 861. The van der Waals surface area contributed by atoms with Gasteiger partial charge < -0.3 is 9.64 Å². The number of anilines is 1. The summed E-state index contributed by atoms with van der Waals surface area (Å²) in [6.07, 6.45) is 14.6. The SMILES string of the molecule is CN(C)c1ccc(C=CC2=CC3CC4(OC(=O)C=C24)C2CCCCC32)cc1. The monoisotopic (exact) mass is 361 g/mol. The van der Waals surface area contributed by atoms with E-state index in [1.165, 1.54) is 42.5 Å². The van der Waals surface area contributed by atoms with E-state index in [4.69, 9.17) is 4.74 Å². The lowest BCUT2D eigenvalue weighted by molar-refractivity contribution is -0.150. The molecule has 5 rings (SSSR count). The maximum Gasteiger partial charge on any atom is 0.332 e. The number of ether oxygens (including phenoxy) is 1. The summed E-state index contributed by atoms with van der Waals surface area (Å²) in [5, 5.41) is 0. The van der Waals surface area contributed by atoms with E-state index in [2.05, 4.69) is 61.5 Å². The molecule has 1 aromatic carbocycles. The van der Waals surface area contributed by atoms with Crippen LogP contribution in [0.3, 0.4) is 0 Å². The highest BCUT2D eigenvalue weighted by molar-refractivity contribution is 5.89. The van der Waals surface area contributed by atoms with Gasteiger partial charge in [0, 0.05) is 37.3 Å². The van der Waals surface area contributed by atoms with Gasteiger partial charge in [0.25, 0.3) is 0 Å². The van der Waals surface area contributed by atoms with Crippen molar-refractivity contribution in [2.75, 3.05) is 19.0 Å². The van der Waals surface area contributed by atoms with Crippen molar-refractivity contribution in [1.29, 1.82) is 0 Å². The van der Waals surface area contributed by atoms with Gasteiger partial charge in [0.15, 0.2) is 0 Å². The van der Waals surface area contributed by atoms with Crippen molar-refractivity contribution in [3.8, 4) is 0 Å². The number of carbonyl (C=O) groups is 1. The number of nitrogens with zero attached hydrogens (tertiary/aromatic N) is 1. The zero-order chi connectivity index (χ0) is 18.6. The quantitative estimate of drug-likeness (QED) is 0.728. The van der Waals surface area contributed by atoms with Crippen LogP contribution < -0.4 is 4.90 Å². The summed E-state index contributed by atoms with van der Waals surface area (Å²) < 4.78 is 6.03. The predicted molar refractivity (Wildman–Crippen MR) is 108 cm³/mol. The average molecular weight is 361 g/mol. The standard InChI is InChI=1S/C24H27NO2/c1-25(2)19-11-8-16(9-12-19)7-10-17-13-18-15-24(22(17)14-23(26)27-24)21-6-4-3-5-20(18)21/h7-14,18,20-21H,3-6,15H2,1-2H3. The summed E-state index contributed by atoms with van der Waals surface area (Å²) in [5.74, 6) is 1.59. The Kier molecular flexibility index (Phi) is 3.82. The lowest BCUT2D eigenvalue weighted by atomic mass is 9.73. The summed E-state index contributed by atoms with van der Waals surface area (Å²) in [6, 6.07) is 8.56. The summed E-state index contributed by atoms with van der Waals surface area (Å²) in [4.78, 5) is 14.3. The Morgan fingerprint density at radius 1 is 1.11 bits per heavy atom. The molecule has 2 saturated carbocycles. The van der Waals surface area contributed by atoms with Crippen molar-refractivity contribution >= 4 is 17.7 Å². The van der Waals surface area contributed by atoms with Gasteiger partial charge in [-0.2, -0.15) is 0 Å². The summed E-state index contributed by atoms with van der Waals surface area (Å²) in [6.45, 7) is 0. The average Bonchev–Trinajstić information content (AvgIpc) is 3.15. The third kappa shape index (κ3) is 2.59. The van der Waals surface area contributed by atoms with Gasteiger partial charge in [0.2, 0.25) is 0 Å². The first-order chi connectivity index (χ1) is 13.1. The highest BCUT2D eigenvalue weighted by Gasteiger charge is 2.61. The van der Waals surface area contributed by atoms with Gasteiger partial charge >= 0.3 is 5.97 Å². The highest BCUT2D eigenvalue weighted by atomic mass is 16.6. The molecule has 0 aromatic heterocycles. The number of carbonyl (C=O) groups excluding carboxylic acids is 1. The normalized spacial score (nSPS) is 34.0. The second-order valence-corrected chi connectivity index (χ2v) is 8.73. The molecule has 3 nitrogen and oxygen atoms in total. The number of esters is 1. The molecule has 0 N–H and O–H groups in total. The molecular formula is C24H27NO2. The molecule has 0 saturated heterocycles. The van der Waals surface area contributed by atoms with Crippen LogP contribution in [0.5, 0.6) is 0 Å². The second kappa shape index (κ2) is 6.12. The van der Waals surface area contributed by atoms with Crippen LogP contribution >= 0.6 is 0 Å². The Balaban J connectivity index is 1.47. The van der Waals surface area contributed by atoms with Gasteiger partial charge in [-0.25, -0.2) is 4.79 Å². The lowest BCUT2D eigenvalue weighted by Gasteiger charge is -2.37. The smallest absolute Gasteiger partial charge is 0.332 e. The third-order valence-electron chi connectivity index (χ3n) is 7.08. The van der Waals surface area contributed by atoms with Crippen LogP contribution in [0.4, 0.5) is 5.69 Å². The fourth-order valence-electron chi connectivity index (χ4n) is 5.88. The first-order valence-corrected chi connectivity index (χ1v) is 10.2. The molecule has 1 heterocycles. The number of hydrogen-bond acceptors (Lipinski definition) is 3. The molecule has 1 spiro atoms. The Hall–Kier alpha value is -2.29. The topological polar surface area (TPSA) is 29.5 Å². The van der Waals surface area contributed by atoms with Gasteiger partial charge in [-0.05, 0) is 54.4 Å². The van der Waals surface area contributed by atoms with Gasteiger partial charge in [0.1, 0.15) is 5.60 Å². The number of benzene rings is 1. The molecule has 3 heteroatoms. The molecule has 3 aliphatic carbocycles. The minimum Gasteiger partial charge on any atom is -0.451 e. The summed E-state index contributed by atoms with van der Waals surface area (Å²) in [5.41, 5.74) is 4.37. The first-order valence-electron chi connectivity index (χ1n) is 10.2. The van der Waals surface area contributed by atoms with E-state index in [1.54, 1.807) is 6.08 Å². The number of allylic oxidation sites excluding steroid dienone is 2. The number of hydrogen-bond donors (Lipinski definition) is 0. The van der Waals surface area contributed by atoms with E-state index < -0.39 is 0 Å². The largest absolute Gasteiger partial charge is 0.451 e. The molecule has 2 fully saturated rings. The molecule has 140 valence electrons. The van der Waals surface area contributed by atoms with Crippen LogP contribution in [0.25, 0.3) is 6.08 Å². The Morgan fingerprint density at radius 2 is 1.89 bits per heavy atom. The molecule has 0 radical (unpaired) electrons. The van der Waals surface area contributed by atoms with Gasteiger partial charge in [-0.1, -0.05) is 43.2 Å². The molecule has 4 atom stereocenters. The van der Waals surface area contributed by atoms with Crippen molar-refractivity contribution in [1.82, 2.24) is 0 Å². The Morgan fingerprint density at radius 3 is 2.67 bits per heavy atom. The molecule has 1 aliphatic heterocycles. The fourth-order valence-corrected chi connectivity index (χ4v) is 5.88. The molecule has 27 heavy (non-hydrogen) atoms. The van der Waals surface area contributed by atoms with E-state index in [0.29, 0.717) is 17.8 Å². The van der Waals surface area contributed by atoms with E-state index >= 15 is 0 Å². The van der Waals surface area contributed by atoms with Crippen molar-refractivity contribution < 1.29 is 9.53 Å². The summed E-state index contributed by atoms with van der Waals surface area (Å²) >= 11 is 0. The molecule has 2 bridgehead atoms. The minimum atomic E-state index is -0.337. The molecule has 0 amide bonds. The van der Waals surface area contributed by atoms with E-state index in [-0.39, 0.29) is 11.6 Å². The van der Waals surface area contributed by atoms with Crippen molar-refractivity contribution in [2.24, 2.45) is 17.8 Å². The van der Waals surface area contributed by atoms with E-state index in [1.807, 2.05) is 0 Å². The lowest BCUT2D eigenvalue weighted by Crippen LogP contribution is -2.40. The van der Waals surface area contributed by atoms with Crippen LogP contribution in [-0.4, -0.2) is 25.7 Å². The molecule has 1 aromatic rings. The first kappa shape index (κ1) is 16.9. The maximum absolute atomic E-state index is 12.2. The summed E-state index contributed by atoms with van der Waals surface area (Å²) in [7, 11) is 4.10. The zero-order valence-electron chi connectivity index (χ0n) is 16.2. The van der Waals surface area contributed by atoms with Gasteiger partial charge in [0.05, 0.1) is 0 Å².